The standard InChI is InChI=1S/C24H46O4/c1-20(2)16-18-27-23(25)13-11-9-7-6-8-10-12-22(5)14-15-24(26)28-19-17-21(3)4/h20-22H,6-19H2,1-5H3. The van der Waals surface area contributed by atoms with E-state index in [2.05, 4.69) is 34.6 Å². The Morgan fingerprint density at radius 2 is 1.04 bits per heavy atom. The van der Waals surface area contributed by atoms with Crippen LogP contribution in [-0.2, 0) is 19.1 Å². The molecule has 1 atom stereocenters. The summed E-state index contributed by atoms with van der Waals surface area (Å²) in [6, 6.07) is 0. The summed E-state index contributed by atoms with van der Waals surface area (Å²) in [7, 11) is 0. The molecule has 0 amide bonds. The number of unbranched alkanes of at least 4 members (excludes halogenated alkanes) is 5. The van der Waals surface area contributed by atoms with Crippen LogP contribution in [0.2, 0.25) is 0 Å². The van der Waals surface area contributed by atoms with E-state index in [-0.39, 0.29) is 11.9 Å². The minimum absolute atomic E-state index is 0.0443. The van der Waals surface area contributed by atoms with Crippen LogP contribution >= 0.6 is 0 Å². The van der Waals surface area contributed by atoms with Crippen LogP contribution in [-0.4, -0.2) is 25.2 Å². The lowest BCUT2D eigenvalue weighted by Crippen LogP contribution is -2.09. The molecule has 0 aliphatic rings. The quantitative estimate of drug-likeness (QED) is 0.190. The smallest absolute Gasteiger partial charge is 0.305 e. The van der Waals surface area contributed by atoms with Gasteiger partial charge in [-0.3, -0.25) is 9.59 Å². The zero-order valence-corrected chi connectivity index (χ0v) is 19.3. The van der Waals surface area contributed by atoms with Crippen molar-refractivity contribution in [1.29, 1.82) is 0 Å². The molecule has 0 aromatic carbocycles. The molecule has 166 valence electrons. The Bertz CT molecular complexity index is 390. The zero-order valence-electron chi connectivity index (χ0n) is 19.3. The summed E-state index contributed by atoms with van der Waals surface area (Å²) in [6.07, 6.45) is 12.0. The van der Waals surface area contributed by atoms with Crippen molar-refractivity contribution in [2.45, 2.75) is 112 Å². The van der Waals surface area contributed by atoms with E-state index in [1.165, 1.54) is 32.1 Å². The molecule has 0 fully saturated rings. The van der Waals surface area contributed by atoms with Crippen LogP contribution < -0.4 is 0 Å². The molecule has 0 aromatic rings. The number of ether oxygens (including phenoxy) is 2. The second-order valence-electron chi connectivity index (χ2n) is 9.11. The highest BCUT2D eigenvalue weighted by molar-refractivity contribution is 5.69. The predicted octanol–water partition coefficient (Wildman–Crippen LogP) is 6.70. The first kappa shape index (κ1) is 26.9. The molecule has 0 heterocycles. The molecule has 0 radical (unpaired) electrons. The van der Waals surface area contributed by atoms with Crippen molar-refractivity contribution in [3.63, 3.8) is 0 Å². The predicted molar refractivity (Wildman–Crippen MR) is 116 cm³/mol. The van der Waals surface area contributed by atoms with Crippen LogP contribution in [0.5, 0.6) is 0 Å². The normalized spacial score (nSPS) is 12.4. The van der Waals surface area contributed by atoms with E-state index < -0.39 is 0 Å². The molecule has 28 heavy (non-hydrogen) atoms. The third-order valence-electron chi connectivity index (χ3n) is 5.09. The summed E-state index contributed by atoms with van der Waals surface area (Å²) in [5.74, 6) is 1.65. The van der Waals surface area contributed by atoms with Gasteiger partial charge in [-0.2, -0.15) is 0 Å². The van der Waals surface area contributed by atoms with Crippen LogP contribution in [0.25, 0.3) is 0 Å². The van der Waals surface area contributed by atoms with Crippen molar-refractivity contribution < 1.29 is 19.1 Å². The first-order chi connectivity index (χ1) is 13.3. The zero-order chi connectivity index (χ0) is 21.2. The maximum Gasteiger partial charge on any atom is 0.305 e. The number of hydrogen-bond donors (Lipinski definition) is 0. The Labute approximate surface area is 174 Å². The minimum Gasteiger partial charge on any atom is -0.466 e. The number of hydrogen-bond acceptors (Lipinski definition) is 4. The Balaban J connectivity index is 3.41. The van der Waals surface area contributed by atoms with Gasteiger partial charge >= 0.3 is 11.9 Å². The molecule has 0 bridgehead atoms. The number of carbonyl (C=O) groups excluding carboxylic acids is 2. The van der Waals surface area contributed by atoms with Crippen molar-refractivity contribution >= 4 is 11.9 Å². The monoisotopic (exact) mass is 398 g/mol. The third-order valence-corrected chi connectivity index (χ3v) is 5.09. The SMILES string of the molecule is CC(C)CCOC(=O)CCCCCCCCC(C)CCC(=O)OCCC(C)C. The average Bonchev–Trinajstić information content (AvgIpc) is 2.61. The van der Waals surface area contributed by atoms with E-state index in [1.54, 1.807) is 0 Å². The Kier molecular flexibility index (Phi) is 17.3. The van der Waals surface area contributed by atoms with Gasteiger partial charge in [0.05, 0.1) is 13.2 Å². The topological polar surface area (TPSA) is 52.6 Å². The molecular formula is C24H46O4. The lowest BCUT2D eigenvalue weighted by molar-refractivity contribution is -0.145. The van der Waals surface area contributed by atoms with Crippen LogP contribution in [0.4, 0.5) is 0 Å². The number of carbonyl (C=O) groups is 2. The molecule has 0 saturated heterocycles. The first-order valence-electron chi connectivity index (χ1n) is 11.6. The van der Waals surface area contributed by atoms with Gasteiger partial charge in [0, 0.05) is 12.8 Å². The maximum atomic E-state index is 11.7. The Morgan fingerprint density at radius 1 is 0.571 bits per heavy atom. The summed E-state index contributed by atoms with van der Waals surface area (Å²) in [5.41, 5.74) is 0. The van der Waals surface area contributed by atoms with Gasteiger partial charge in [0.1, 0.15) is 0 Å². The van der Waals surface area contributed by atoms with Gasteiger partial charge in [0.15, 0.2) is 0 Å². The second kappa shape index (κ2) is 18.0. The fraction of sp³-hybridized carbons (Fsp3) is 0.917. The highest BCUT2D eigenvalue weighted by Gasteiger charge is 2.08. The molecule has 0 saturated carbocycles. The van der Waals surface area contributed by atoms with Crippen LogP contribution in [0.3, 0.4) is 0 Å². The van der Waals surface area contributed by atoms with Crippen molar-refractivity contribution in [1.82, 2.24) is 0 Å². The average molecular weight is 399 g/mol. The van der Waals surface area contributed by atoms with Crippen LogP contribution in [0.1, 0.15) is 112 Å². The van der Waals surface area contributed by atoms with E-state index >= 15 is 0 Å². The second-order valence-corrected chi connectivity index (χ2v) is 9.11. The number of rotatable bonds is 18. The van der Waals surface area contributed by atoms with E-state index in [0.29, 0.717) is 43.8 Å². The van der Waals surface area contributed by atoms with Crippen LogP contribution in [0, 0.1) is 17.8 Å². The fourth-order valence-electron chi connectivity index (χ4n) is 2.94. The van der Waals surface area contributed by atoms with Crippen molar-refractivity contribution in [2.75, 3.05) is 13.2 Å². The summed E-state index contributed by atoms with van der Waals surface area (Å²) in [4.78, 5) is 23.3. The summed E-state index contributed by atoms with van der Waals surface area (Å²) in [6.45, 7) is 11.9. The van der Waals surface area contributed by atoms with E-state index in [9.17, 15) is 9.59 Å². The van der Waals surface area contributed by atoms with Gasteiger partial charge in [-0.15, -0.1) is 0 Å². The molecule has 0 aromatic heterocycles. The lowest BCUT2D eigenvalue weighted by Gasteiger charge is -2.11. The molecule has 0 rings (SSSR count). The van der Waals surface area contributed by atoms with Crippen molar-refractivity contribution in [3.05, 3.63) is 0 Å². The fourth-order valence-corrected chi connectivity index (χ4v) is 2.94. The summed E-state index contributed by atoms with van der Waals surface area (Å²) in [5, 5.41) is 0. The maximum absolute atomic E-state index is 11.7. The summed E-state index contributed by atoms with van der Waals surface area (Å²) < 4.78 is 10.5. The molecule has 1 unspecified atom stereocenters. The van der Waals surface area contributed by atoms with Gasteiger partial charge < -0.3 is 9.47 Å². The minimum atomic E-state index is -0.0461. The van der Waals surface area contributed by atoms with Crippen molar-refractivity contribution in [2.24, 2.45) is 17.8 Å². The Hall–Kier alpha value is -1.06. The molecule has 0 spiro atoms. The van der Waals surface area contributed by atoms with Crippen molar-refractivity contribution in [3.8, 4) is 0 Å². The van der Waals surface area contributed by atoms with Crippen LogP contribution in [0.15, 0.2) is 0 Å². The van der Waals surface area contributed by atoms with Gasteiger partial charge in [-0.05, 0) is 43.4 Å². The van der Waals surface area contributed by atoms with E-state index in [1.807, 2.05) is 0 Å². The van der Waals surface area contributed by atoms with E-state index in [4.69, 9.17) is 9.47 Å². The molecule has 0 N–H and O–H groups in total. The van der Waals surface area contributed by atoms with E-state index in [0.717, 1.165) is 32.1 Å². The Morgan fingerprint density at radius 3 is 1.57 bits per heavy atom. The molecule has 4 heteroatoms. The lowest BCUT2D eigenvalue weighted by atomic mass is 9.97. The highest BCUT2D eigenvalue weighted by atomic mass is 16.5. The van der Waals surface area contributed by atoms with Gasteiger partial charge in [0.2, 0.25) is 0 Å². The number of esters is 2. The highest BCUT2D eigenvalue weighted by Crippen LogP contribution is 2.17. The molecule has 0 aliphatic heterocycles. The molecular weight excluding hydrogens is 352 g/mol. The summed E-state index contributed by atoms with van der Waals surface area (Å²) >= 11 is 0. The van der Waals surface area contributed by atoms with Gasteiger partial charge in [-0.25, -0.2) is 0 Å². The third kappa shape index (κ3) is 19.7. The molecule has 0 aliphatic carbocycles. The van der Waals surface area contributed by atoms with Gasteiger partial charge in [-0.1, -0.05) is 73.1 Å². The molecule has 4 nitrogen and oxygen atoms in total. The largest absolute Gasteiger partial charge is 0.466 e. The van der Waals surface area contributed by atoms with Gasteiger partial charge in [0.25, 0.3) is 0 Å². The first-order valence-corrected chi connectivity index (χ1v) is 11.6.